The van der Waals surface area contributed by atoms with E-state index in [1.807, 2.05) is 0 Å². The van der Waals surface area contributed by atoms with Crippen molar-refractivity contribution in [1.29, 1.82) is 0 Å². The summed E-state index contributed by atoms with van der Waals surface area (Å²) < 4.78 is 45.6. The van der Waals surface area contributed by atoms with Gasteiger partial charge in [0.1, 0.15) is 22.8 Å². The number of amides is 1. The van der Waals surface area contributed by atoms with Gasteiger partial charge in [0.25, 0.3) is 5.91 Å². The number of aromatic hydroxyl groups is 1. The number of halogens is 3. The summed E-state index contributed by atoms with van der Waals surface area (Å²) >= 11 is 0. The number of anilines is 1. The van der Waals surface area contributed by atoms with Crippen LogP contribution in [-0.4, -0.2) is 47.2 Å². The molecule has 9 heteroatoms. The van der Waals surface area contributed by atoms with Crippen LogP contribution in [0.4, 0.5) is 18.9 Å². The topological polar surface area (TPSA) is 69.8 Å². The Morgan fingerprint density at radius 2 is 1.68 bits per heavy atom. The Hall–Kier alpha value is -3.49. The van der Waals surface area contributed by atoms with E-state index in [1.54, 1.807) is 29.2 Å². The first-order valence-corrected chi connectivity index (χ1v) is 9.72. The highest BCUT2D eigenvalue weighted by molar-refractivity contribution is 6.01. The van der Waals surface area contributed by atoms with Gasteiger partial charge < -0.3 is 19.4 Å². The van der Waals surface area contributed by atoms with Gasteiger partial charge in [0.05, 0.1) is 5.56 Å². The van der Waals surface area contributed by atoms with Crippen molar-refractivity contribution in [2.45, 2.75) is 13.1 Å². The van der Waals surface area contributed by atoms with Gasteiger partial charge in [0.2, 0.25) is 0 Å². The number of hydrogen-bond donors (Lipinski definition) is 1. The predicted molar refractivity (Wildman–Crippen MR) is 108 cm³/mol. The summed E-state index contributed by atoms with van der Waals surface area (Å²) in [6.07, 6.45) is -4.58. The lowest BCUT2D eigenvalue weighted by Crippen LogP contribution is -2.49. The molecule has 1 fully saturated rings. The number of carbonyl (C=O) groups excluding carboxylic acids is 1. The first kappa shape index (κ1) is 20.8. The number of nitrogens with zero attached hydrogens (tertiary/aromatic N) is 3. The zero-order valence-corrected chi connectivity index (χ0v) is 16.7. The van der Waals surface area contributed by atoms with E-state index in [-0.39, 0.29) is 28.3 Å². The highest BCUT2D eigenvalue weighted by Crippen LogP contribution is 2.38. The third-order valence-electron chi connectivity index (χ3n) is 5.35. The second-order valence-corrected chi connectivity index (χ2v) is 7.30. The SMILES string of the molecule is Cc1onc(-c2ccccc2C(F)(F)F)c1C(=O)N1CCN(c2ccc(O)cc2)CC1. The molecule has 3 aromatic rings. The molecule has 6 nitrogen and oxygen atoms in total. The lowest BCUT2D eigenvalue weighted by Gasteiger charge is -2.36. The molecular formula is C22H20F3N3O3. The molecule has 2 aromatic carbocycles. The van der Waals surface area contributed by atoms with Crippen LogP contribution in [0.3, 0.4) is 0 Å². The number of aromatic nitrogens is 1. The van der Waals surface area contributed by atoms with E-state index in [2.05, 4.69) is 10.1 Å². The number of phenols is 1. The molecule has 1 amide bonds. The van der Waals surface area contributed by atoms with Crippen molar-refractivity contribution < 1.29 is 27.6 Å². The second-order valence-electron chi connectivity index (χ2n) is 7.30. The number of benzene rings is 2. The minimum absolute atomic E-state index is 0.0507. The van der Waals surface area contributed by atoms with Crippen LogP contribution in [0.5, 0.6) is 5.75 Å². The van der Waals surface area contributed by atoms with Gasteiger partial charge in [-0.25, -0.2) is 0 Å². The van der Waals surface area contributed by atoms with Crippen LogP contribution >= 0.6 is 0 Å². The van der Waals surface area contributed by atoms with Crippen LogP contribution in [0, 0.1) is 6.92 Å². The number of carbonyl (C=O) groups is 1. The molecule has 0 atom stereocenters. The van der Waals surface area contributed by atoms with Crippen molar-refractivity contribution >= 4 is 11.6 Å². The van der Waals surface area contributed by atoms with Gasteiger partial charge in [-0.05, 0) is 37.3 Å². The van der Waals surface area contributed by atoms with Crippen molar-refractivity contribution in [3.8, 4) is 17.0 Å². The van der Waals surface area contributed by atoms with Crippen LogP contribution in [0.15, 0.2) is 53.1 Å². The molecule has 1 aromatic heterocycles. The molecule has 1 aliphatic rings. The summed E-state index contributed by atoms with van der Waals surface area (Å²) in [5.74, 6) is -0.0545. The first-order chi connectivity index (χ1) is 14.8. The molecule has 0 aliphatic carbocycles. The maximum atomic E-state index is 13.5. The summed E-state index contributed by atoms with van der Waals surface area (Å²) in [6.45, 7) is 3.41. The van der Waals surface area contributed by atoms with Crippen molar-refractivity contribution in [3.05, 3.63) is 65.4 Å². The molecule has 2 heterocycles. The summed E-state index contributed by atoms with van der Waals surface area (Å²) in [5, 5.41) is 13.2. The minimum atomic E-state index is -4.58. The fourth-order valence-corrected chi connectivity index (χ4v) is 3.73. The minimum Gasteiger partial charge on any atom is -0.508 e. The molecule has 0 unspecified atom stereocenters. The molecule has 0 bridgehead atoms. The van der Waals surface area contributed by atoms with Crippen molar-refractivity contribution in [2.24, 2.45) is 0 Å². The summed E-state index contributed by atoms with van der Waals surface area (Å²) in [4.78, 5) is 16.9. The van der Waals surface area contributed by atoms with E-state index in [1.165, 1.54) is 25.1 Å². The Balaban J connectivity index is 1.58. The quantitative estimate of drug-likeness (QED) is 0.668. The second kappa shape index (κ2) is 7.98. The van der Waals surface area contributed by atoms with Crippen molar-refractivity contribution in [2.75, 3.05) is 31.1 Å². The summed E-state index contributed by atoms with van der Waals surface area (Å²) in [5.41, 5.74) is -0.176. The van der Waals surface area contributed by atoms with E-state index in [0.717, 1.165) is 11.8 Å². The number of aryl methyl sites for hydroxylation is 1. The van der Waals surface area contributed by atoms with Gasteiger partial charge in [-0.2, -0.15) is 13.2 Å². The number of alkyl halides is 3. The highest BCUT2D eigenvalue weighted by Gasteiger charge is 2.36. The Morgan fingerprint density at radius 3 is 2.32 bits per heavy atom. The van der Waals surface area contributed by atoms with Crippen LogP contribution in [0.25, 0.3) is 11.3 Å². The van der Waals surface area contributed by atoms with Crippen molar-refractivity contribution in [3.63, 3.8) is 0 Å². The molecule has 1 N–H and O–H groups in total. The van der Waals surface area contributed by atoms with E-state index in [4.69, 9.17) is 4.52 Å². The Labute approximate surface area is 176 Å². The van der Waals surface area contributed by atoms with Crippen molar-refractivity contribution in [1.82, 2.24) is 10.1 Å². The molecule has 0 radical (unpaired) electrons. The standard InChI is InChI=1S/C22H20F3N3O3/c1-14-19(20(26-31-14)17-4-2-3-5-18(17)22(23,24)25)21(30)28-12-10-27(11-13-28)15-6-8-16(29)9-7-15/h2-9,29H,10-13H2,1H3. The molecule has 0 spiro atoms. The van der Waals surface area contributed by atoms with Gasteiger partial charge in [-0.1, -0.05) is 23.4 Å². The maximum Gasteiger partial charge on any atom is 0.417 e. The number of phenolic OH excluding ortho intramolecular Hbond substituents is 1. The smallest absolute Gasteiger partial charge is 0.417 e. The average molecular weight is 431 g/mol. The third kappa shape index (κ3) is 4.08. The van der Waals surface area contributed by atoms with Gasteiger partial charge in [0, 0.05) is 37.4 Å². The summed E-state index contributed by atoms with van der Waals surface area (Å²) in [7, 11) is 0. The van der Waals surface area contributed by atoms with E-state index >= 15 is 0 Å². The zero-order valence-electron chi connectivity index (χ0n) is 16.7. The molecule has 31 heavy (non-hydrogen) atoms. The normalized spacial score (nSPS) is 14.7. The van der Waals surface area contributed by atoms with Crippen LogP contribution in [-0.2, 0) is 6.18 Å². The molecule has 1 saturated heterocycles. The molecule has 4 rings (SSSR count). The molecular weight excluding hydrogens is 411 g/mol. The number of piperazine rings is 1. The predicted octanol–water partition coefficient (Wildman–Crippen LogP) is 4.34. The lowest BCUT2D eigenvalue weighted by molar-refractivity contribution is -0.137. The van der Waals surface area contributed by atoms with Gasteiger partial charge in [0.15, 0.2) is 0 Å². The molecule has 0 saturated carbocycles. The van der Waals surface area contributed by atoms with Crippen LogP contribution < -0.4 is 4.90 Å². The Morgan fingerprint density at radius 1 is 1.03 bits per heavy atom. The third-order valence-corrected chi connectivity index (χ3v) is 5.35. The molecule has 1 aliphatic heterocycles. The molecule has 162 valence electrons. The zero-order chi connectivity index (χ0) is 22.2. The van der Waals surface area contributed by atoms with Gasteiger partial charge >= 0.3 is 6.18 Å². The van der Waals surface area contributed by atoms with E-state index in [0.29, 0.717) is 26.2 Å². The van der Waals surface area contributed by atoms with E-state index < -0.39 is 17.6 Å². The van der Waals surface area contributed by atoms with Gasteiger partial charge in [-0.15, -0.1) is 0 Å². The van der Waals surface area contributed by atoms with Gasteiger partial charge in [-0.3, -0.25) is 4.79 Å². The first-order valence-electron chi connectivity index (χ1n) is 9.72. The number of hydrogen-bond acceptors (Lipinski definition) is 5. The van der Waals surface area contributed by atoms with Crippen LogP contribution in [0.1, 0.15) is 21.7 Å². The largest absolute Gasteiger partial charge is 0.508 e. The van der Waals surface area contributed by atoms with E-state index in [9.17, 15) is 23.1 Å². The fraction of sp³-hybridized carbons (Fsp3) is 0.273. The van der Waals surface area contributed by atoms with Crippen LogP contribution in [0.2, 0.25) is 0 Å². The summed E-state index contributed by atoms with van der Waals surface area (Å²) in [6, 6.07) is 11.8. The number of rotatable bonds is 3. The monoisotopic (exact) mass is 431 g/mol. The maximum absolute atomic E-state index is 13.5. The fourth-order valence-electron chi connectivity index (χ4n) is 3.73. The Bertz CT molecular complexity index is 1090. The Kier molecular flexibility index (Phi) is 5.34. The average Bonchev–Trinajstić information content (AvgIpc) is 3.14. The highest BCUT2D eigenvalue weighted by atomic mass is 19.4. The lowest BCUT2D eigenvalue weighted by atomic mass is 9.99.